The second kappa shape index (κ2) is 5.81. The van der Waals surface area contributed by atoms with Gasteiger partial charge in [0.15, 0.2) is 6.23 Å². The van der Waals surface area contributed by atoms with E-state index in [1.807, 2.05) is 0 Å². The highest BCUT2D eigenvalue weighted by atomic mass is 31.2. The molecule has 0 spiro atoms. The third kappa shape index (κ3) is 3.43. The molecule has 124 valence electrons. The van der Waals surface area contributed by atoms with Crippen LogP contribution in [0.1, 0.15) is 19.6 Å². The first kappa shape index (κ1) is 17.2. The van der Waals surface area contributed by atoms with Gasteiger partial charge in [0.05, 0.1) is 6.10 Å². The molecule has 7 nitrogen and oxygen atoms in total. The molecule has 0 amide bonds. The van der Waals surface area contributed by atoms with Crippen LogP contribution in [0.25, 0.3) is 0 Å². The molecule has 22 heavy (non-hydrogen) atoms. The van der Waals surface area contributed by atoms with Crippen LogP contribution in [0.4, 0.5) is 5.82 Å². The number of ether oxygens (including phenoxy) is 1. The molecule has 1 aliphatic rings. The van der Waals surface area contributed by atoms with Gasteiger partial charge in [-0.2, -0.15) is 4.98 Å². The minimum Gasteiger partial charge on any atom is -0.387 e. The molecule has 4 N–H and O–H groups in total. The van der Waals surface area contributed by atoms with Crippen LogP contribution in [0, 0.1) is 0 Å². The summed E-state index contributed by atoms with van der Waals surface area (Å²) >= 11 is 0. The standard InChI is InChI=1S/C14H24N3O4P/c1-14(20)11(18)9(6-8-22(2,3)4)21-12(14)17-7-5-10(15)16-13(17)19/h5,7,9,11-12,18,20H,2,6,8H2,1,3-4H3,(H2,15,16,19)/t9-,11-,12?,14+/m1/s1. The van der Waals surface area contributed by atoms with Gasteiger partial charge in [-0.25, -0.2) is 4.79 Å². The maximum Gasteiger partial charge on any atom is 0.351 e. The third-order valence-electron chi connectivity index (χ3n) is 3.88. The van der Waals surface area contributed by atoms with Gasteiger partial charge >= 0.3 is 5.69 Å². The first-order valence-corrected chi connectivity index (χ1v) is 10.2. The number of hydrogen-bond donors (Lipinski definition) is 3. The van der Waals surface area contributed by atoms with Crippen molar-refractivity contribution in [2.24, 2.45) is 0 Å². The van der Waals surface area contributed by atoms with Crippen LogP contribution < -0.4 is 11.4 Å². The molecule has 0 saturated carbocycles. The molecule has 0 aliphatic carbocycles. The number of rotatable bonds is 4. The van der Waals surface area contributed by atoms with Crippen molar-refractivity contribution in [3.05, 3.63) is 22.7 Å². The van der Waals surface area contributed by atoms with Crippen molar-refractivity contribution in [2.75, 3.05) is 25.2 Å². The van der Waals surface area contributed by atoms with E-state index in [1.54, 1.807) is 0 Å². The molecule has 2 rings (SSSR count). The predicted molar refractivity (Wildman–Crippen MR) is 88.8 cm³/mol. The van der Waals surface area contributed by atoms with Crippen molar-refractivity contribution in [1.82, 2.24) is 9.55 Å². The summed E-state index contributed by atoms with van der Waals surface area (Å²) in [6.45, 7) is 4.38. The van der Waals surface area contributed by atoms with E-state index >= 15 is 0 Å². The lowest BCUT2D eigenvalue weighted by molar-refractivity contribution is -0.0974. The summed E-state index contributed by atoms with van der Waals surface area (Å²) in [5, 5.41) is 20.9. The first-order chi connectivity index (χ1) is 10.0. The van der Waals surface area contributed by atoms with Gasteiger partial charge in [-0.3, -0.25) is 4.57 Å². The van der Waals surface area contributed by atoms with E-state index in [4.69, 9.17) is 10.5 Å². The number of nitrogens with zero attached hydrogens (tertiary/aromatic N) is 2. The number of aromatic nitrogens is 2. The Kier molecular flexibility index (Phi) is 4.55. The molecule has 1 aliphatic heterocycles. The minimum absolute atomic E-state index is 0.0968. The summed E-state index contributed by atoms with van der Waals surface area (Å²) in [5.41, 5.74) is 3.25. The van der Waals surface area contributed by atoms with Gasteiger partial charge in [-0.1, -0.05) is 0 Å². The Bertz CT molecular complexity index is 652. The van der Waals surface area contributed by atoms with Gasteiger partial charge in [0.1, 0.15) is 17.5 Å². The summed E-state index contributed by atoms with van der Waals surface area (Å²) < 4.78 is 6.92. The van der Waals surface area contributed by atoms with Crippen molar-refractivity contribution < 1.29 is 14.9 Å². The van der Waals surface area contributed by atoms with E-state index < -0.39 is 36.6 Å². The largest absolute Gasteiger partial charge is 0.387 e. The number of aliphatic hydroxyl groups is 2. The number of nitrogens with two attached hydrogens (primary N) is 1. The van der Waals surface area contributed by atoms with Crippen LogP contribution >= 0.6 is 6.89 Å². The SMILES string of the molecule is C=P(C)(C)CC[C@H]1OC(n2ccc(N)nc2=O)[C@@](C)(O)[C@@H]1O. The number of aliphatic hydroxyl groups excluding tert-OH is 1. The van der Waals surface area contributed by atoms with Crippen molar-refractivity contribution in [3.8, 4) is 0 Å². The van der Waals surface area contributed by atoms with Crippen LogP contribution in [0.15, 0.2) is 17.1 Å². The summed E-state index contributed by atoms with van der Waals surface area (Å²) in [6, 6.07) is 1.45. The molecule has 0 radical (unpaired) electrons. The fourth-order valence-corrected chi connectivity index (χ4v) is 3.51. The lowest BCUT2D eigenvalue weighted by Crippen LogP contribution is -2.45. The van der Waals surface area contributed by atoms with Crippen LogP contribution in [0.5, 0.6) is 0 Å². The lowest BCUT2D eigenvalue weighted by Gasteiger charge is -2.27. The highest BCUT2D eigenvalue weighted by molar-refractivity contribution is 7.72. The van der Waals surface area contributed by atoms with Crippen LogP contribution in [0.3, 0.4) is 0 Å². The number of hydrogen-bond acceptors (Lipinski definition) is 6. The van der Waals surface area contributed by atoms with Crippen LogP contribution in [-0.4, -0.2) is 63.4 Å². The Morgan fingerprint density at radius 2 is 2.23 bits per heavy atom. The van der Waals surface area contributed by atoms with Gasteiger partial charge in [0, 0.05) is 6.20 Å². The second-order valence-corrected chi connectivity index (χ2v) is 11.0. The fraction of sp³-hybridized carbons (Fsp3) is 0.643. The monoisotopic (exact) mass is 329 g/mol. The first-order valence-electron chi connectivity index (χ1n) is 7.10. The van der Waals surface area contributed by atoms with Crippen LogP contribution in [-0.2, 0) is 4.74 Å². The van der Waals surface area contributed by atoms with Crippen molar-refractivity contribution in [2.45, 2.75) is 37.4 Å². The number of nitrogen functional groups attached to an aromatic ring is 1. The van der Waals surface area contributed by atoms with E-state index in [-0.39, 0.29) is 5.82 Å². The molecule has 4 atom stereocenters. The van der Waals surface area contributed by atoms with Crippen molar-refractivity contribution >= 4 is 19.0 Å². The Hall–Kier alpha value is -1.14. The van der Waals surface area contributed by atoms with Gasteiger partial charge in [0.2, 0.25) is 0 Å². The van der Waals surface area contributed by atoms with Gasteiger partial charge in [0.25, 0.3) is 0 Å². The van der Waals surface area contributed by atoms with E-state index in [9.17, 15) is 15.0 Å². The molecule has 1 aromatic heterocycles. The molecular weight excluding hydrogens is 305 g/mol. The summed E-state index contributed by atoms with van der Waals surface area (Å²) in [4.78, 5) is 15.6. The average Bonchev–Trinajstić information content (AvgIpc) is 2.59. The molecule has 1 unspecified atom stereocenters. The zero-order valence-corrected chi connectivity index (χ0v) is 14.0. The summed E-state index contributed by atoms with van der Waals surface area (Å²) in [6.07, 6.45) is 4.30. The molecule has 1 saturated heterocycles. The van der Waals surface area contributed by atoms with E-state index in [2.05, 4.69) is 24.6 Å². The predicted octanol–water partition coefficient (Wildman–Crippen LogP) is -0.0659. The topological polar surface area (TPSA) is 111 Å². The maximum atomic E-state index is 11.9. The van der Waals surface area contributed by atoms with Crippen molar-refractivity contribution in [1.29, 1.82) is 0 Å². The maximum absolute atomic E-state index is 11.9. The highest BCUT2D eigenvalue weighted by Crippen LogP contribution is 2.42. The zero-order chi connectivity index (χ0) is 16.7. The molecule has 1 fully saturated rings. The fourth-order valence-electron chi connectivity index (χ4n) is 2.55. The van der Waals surface area contributed by atoms with Gasteiger partial charge < -0.3 is 20.7 Å². The summed E-state index contributed by atoms with van der Waals surface area (Å²) in [5.74, 6) is 0.0968. The zero-order valence-electron chi connectivity index (χ0n) is 13.1. The molecular formula is C14H24N3O4P. The smallest absolute Gasteiger partial charge is 0.351 e. The number of anilines is 1. The Balaban J connectivity index is 2.26. The third-order valence-corrected chi connectivity index (χ3v) is 5.35. The highest BCUT2D eigenvalue weighted by Gasteiger charge is 2.53. The molecule has 0 aromatic carbocycles. The minimum atomic E-state index is -1.59. The van der Waals surface area contributed by atoms with Crippen LogP contribution in [0.2, 0.25) is 0 Å². The Morgan fingerprint density at radius 1 is 1.59 bits per heavy atom. The average molecular weight is 329 g/mol. The normalized spacial score (nSPS) is 32.3. The van der Waals surface area contributed by atoms with Crippen molar-refractivity contribution in [3.63, 3.8) is 0 Å². The molecule has 2 heterocycles. The van der Waals surface area contributed by atoms with E-state index in [0.717, 1.165) is 10.7 Å². The van der Waals surface area contributed by atoms with Gasteiger partial charge in [-0.15, -0.1) is 13.2 Å². The quantitative estimate of drug-likeness (QED) is 0.667. The molecule has 1 aromatic rings. The lowest BCUT2D eigenvalue weighted by atomic mass is 9.95. The second-order valence-electron chi connectivity index (χ2n) is 6.69. The Morgan fingerprint density at radius 3 is 2.77 bits per heavy atom. The van der Waals surface area contributed by atoms with E-state index in [1.165, 1.54) is 19.2 Å². The van der Waals surface area contributed by atoms with Gasteiger partial charge in [-0.05, 0) is 38.9 Å². The molecule has 0 bridgehead atoms. The summed E-state index contributed by atoms with van der Waals surface area (Å²) in [7, 11) is 0. The van der Waals surface area contributed by atoms with E-state index in [0.29, 0.717) is 6.42 Å². The Labute approximate surface area is 129 Å². The molecule has 8 heteroatoms.